The largest absolute Gasteiger partial charge is 0.372 e. The number of para-hydroxylation sites is 1. The number of aromatic nitrogens is 4. The van der Waals surface area contributed by atoms with E-state index in [2.05, 4.69) is 24.0 Å². The van der Waals surface area contributed by atoms with E-state index in [9.17, 15) is 9.59 Å². The second-order valence-corrected chi connectivity index (χ2v) is 11.2. The van der Waals surface area contributed by atoms with Crippen LogP contribution < -0.4 is 5.56 Å². The highest BCUT2D eigenvalue weighted by Crippen LogP contribution is 2.37. The highest BCUT2D eigenvalue weighted by atomic mass is 32.2. The van der Waals surface area contributed by atoms with Crippen LogP contribution in [-0.4, -0.2) is 36.8 Å². The Labute approximate surface area is 215 Å². The maximum Gasteiger partial charge on any atom is 0.268 e. The van der Waals surface area contributed by atoms with Gasteiger partial charge in [0.05, 0.1) is 29.5 Å². The molecule has 0 radical (unpaired) electrons. The molecular weight excluding hydrogens is 492 g/mol. The monoisotopic (exact) mass is 516 g/mol. The molecule has 2 aromatic carbocycles. The van der Waals surface area contributed by atoms with Crippen molar-refractivity contribution in [1.82, 2.24) is 19.2 Å². The van der Waals surface area contributed by atoms with E-state index in [1.165, 1.54) is 11.8 Å². The molecule has 0 saturated heterocycles. The van der Waals surface area contributed by atoms with E-state index < -0.39 is 0 Å². The third kappa shape index (κ3) is 3.87. The van der Waals surface area contributed by atoms with Crippen molar-refractivity contribution in [3.63, 3.8) is 0 Å². The molecule has 0 unspecified atom stereocenters. The molecule has 0 aliphatic carbocycles. The molecule has 1 aliphatic heterocycles. The van der Waals surface area contributed by atoms with Gasteiger partial charge in [-0.3, -0.25) is 9.59 Å². The van der Waals surface area contributed by atoms with Crippen molar-refractivity contribution in [3.05, 3.63) is 87.0 Å². The Hall–Kier alpha value is -3.27. The second kappa shape index (κ2) is 9.31. The number of nitrogens with zero attached hydrogens (tertiary/aromatic N) is 4. The summed E-state index contributed by atoms with van der Waals surface area (Å²) < 4.78 is 9.67. The molecular formula is C27H24N4O3S2. The lowest BCUT2D eigenvalue weighted by molar-refractivity contribution is 0.00200. The Morgan fingerprint density at radius 1 is 1.11 bits per heavy atom. The number of rotatable bonds is 6. The third-order valence-corrected chi connectivity index (χ3v) is 8.65. The number of ether oxygens (including phenoxy) is 1. The molecule has 182 valence electrons. The minimum atomic E-state index is -0.102. The first-order valence-corrected chi connectivity index (χ1v) is 13.7. The van der Waals surface area contributed by atoms with Gasteiger partial charge in [-0.1, -0.05) is 74.1 Å². The lowest BCUT2D eigenvalue weighted by Gasteiger charge is -2.26. The number of Topliss-reactive ketones (excluding diaryl/α,β-unsaturated/α-hetero) is 1. The number of benzene rings is 2. The molecule has 0 saturated carbocycles. The molecule has 3 aromatic heterocycles. The standard InChI is InChI=1S/C27H24N4O3S2/c1-16(2)21-13-19-22(14-34-21)36-25-23(19)24(33)30(18-11-7-4-8-12-18)26-28-29-27(31(25)26)35-15-20(32)17-9-5-3-6-10-17/h3-12,16,21H,13-15H2,1-2H3/t21-/m1/s1. The molecule has 7 nitrogen and oxygen atoms in total. The number of carbonyl (C=O) groups is 1. The van der Waals surface area contributed by atoms with Crippen LogP contribution in [0.5, 0.6) is 0 Å². The zero-order valence-corrected chi connectivity index (χ0v) is 21.5. The molecule has 1 aliphatic rings. The van der Waals surface area contributed by atoms with E-state index in [0.29, 0.717) is 40.8 Å². The van der Waals surface area contributed by atoms with Crippen molar-refractivity contribution in [2.45, 2.75) is 38.1 Å². The fraction of sp³-hybridized carbons (Fsp3) is 0.259. The summed E-state index contributed by atoms with van der Waals surface area (Å²) in [5, 5.41) is 10.1. The summed E-state index contributed by atoms with van der Waals surface area (Å²) in [6.45, 7) is 4.77. The summed E-state index contributed by atoms with van der Waals surface area (Å²) in [4.78, 5) is 28.7. The Morgan fingerprint density at radius 3 is 2.56 bits per heavy atom. The van der Waals surface area contributed by atoms with Gasteiger partial charge in [-0.2, -0.15) is 0 Å². The summed E-state index contributed by atoms with van der Waals surface area (Å²) in [5.41, 5.74) is 2.34. The summed E-state index contributed by atoms with van der Waals surface area (Å²) >= 11 is 2.89. The van der Waals surface area contributed by atoms with E-state index in [-0.39, 0.29) is 23.2 Å². The van der Waals surface area contributed by atoms with Crippen LogP contribution in [0.3, 0.4) is 0 Å². The summed E-state index contributed by atoms with van der Waals surface area (Å²) in [7, 11) is 0. The molecule has 1 atom stereocenters. The Kier molecular flexibility index (Phi) is 5.99. The van der Waals surface area contributed by atoms with Gasteiger partial charge in [0, 0.05) is 16.9 Å². The van der Waals surface area contributed by atoms with Gasteiger partial charge in [-0.25, -0.2) is 8.97 Å². The van der Waals surface area contributed by atoms with Crippen LogP contribution in [0, 0.1) is 5.92 Å². The molecule has 0 spiro atoms. The molecule has 0 fully saturated rings. The molecule has 4 heterocycles. The summed E-state index contributed by atoms with van der Waals surface area (Å²) in [6, 6.07) is 18.7. The Morgan fingerprint density at radius 2 is 1.83 bits per heavy atom. The molecule has 36 heavy (non-hydrogen) atoms. The first-order valence-electron chi connectivity index (χ1n) is 11.9. The van der Waals surface area contributed by atoms with Crippen molar-refractivity contribution >= 4 is 44.9 Å². The maximum atomic E-state index is 14.0. The zero-order chi connectivity index (χ0) is 24.8. The zero-order valence-electron chi connectivity index (χ0n) is 19.9. The quantitative estimate of drug-likeness (QED) is 0.229. The highest BCUT2D eigenvalue weighted by molar-refractivity contribution is 7.99. The Bertz CT molecular complexity index is 1640. The molecule has 5 aromatic rings. The van der Waals surface area contributed by atoms with Gasteiger partial charge >= 0.3 is 0 Å². The van der Waals surface area contributed by atoms with Crippen LogP contribution in [0.1, 0.15) is 34.6 Å². The summed E-state index contributed by atoms with van der Waals surface area (Å²) in [5.74, 6) is 1.02. The average Bonchev–Trinajstić information content (AvgIpc) is 3.49. The van der Waals surface area contributed by atoms with Crippen LogP contribution in [-0.2, 0) is 17.8 Å². The average molecular weight is 517 g/mol. The van der Waals surface area contributed by atoms with E-state index >= 15 is 0 Å². The van der Waals surface area contributed by atoms with Crippen LogP contribution >= 0.6 is 23.1 Å². The first-order chi connectivity index (χ1) is 17.5. The fourth-order valence-electron chi connectivity index (χ4n) is 4.61. The molecule has 6 rings (SSSR count). The predicted molar refractivity (Wildman–Crippen MR) is 143 cm³/mol. The first kappa shape index (κ1) is 23.1. The van der Waals surface area contributed by atoms with Crippen molar-refractivity contribution in [2.24, 2.45) is 5.92 Å². The Balaban J connectivity index is 1.54. The number of thioether (sulfide) groups is 1. The van der Waals surface area contributed by atoms with Gasteiger partial charge in [-0.15, -0.1) is 21.5 Å². The van der Waals surface area contributed by atoms with Gasteiger partial charge in [0.15, 0.2) is 10.9 Å². The normalized spacial score (nSPS) is 15.6. The van der Waals surface area contributed by atoms with Crippen LogP contribution in [0.15, 0.2) is 70.6 Å². The molecule has 0 amide bonds. The summed E-state index contributed by atoms with van der Waals surface area (Å²) in [6.07, 6.45) is 0.758. The van der Waals surface area contributed by atoms with E-state index in [0.717, 1.165) is 21.0 Å². The van der Waals surface area contributed by atoms with Gasteiger partial charge in [0.2, 0.25) is 5.78 Å². The minimum Gasteiger partial charge on any atom is -0.372 e. The van der Waals surface area contributed by atoms with Crippen molar-refractivity contribution < 1.29 is 9.53 Å². The van der Waals surface area contributed by atoms with Gasteiger partial charge in [-0.05, 0) is 23.6 Å². The van der Waals surface area contributed by atoms with Gasteiger partial charge in [0.1, 0.15) is 4.83 Å². The second-order valence-electron chi connectivity index (χ2n) is 9.15. The topological polar surface area (TPSA) is 78.5 Å². The highest BCUT2D eigenvalue weighted by Gasteiger charge is 2.30. The number of hydrogen-bond acceptors (Lipinski definition) is 7. The van der Waals surface area contributed by atoms with Gasteiger partial charge in [0.25, 0.3) is 5.56 Å². The van der Waals surface area contributed by atoms with E-state index in [1.807, 2.05) is 65.1 Å². The van der Waals surface area contributed by atoms with Crippen molar-refractivity contribution in [1.29, 1.82) is 0 Å². The predicted octanol–water partition coefficient (Wildman–Crippen LogP) is 5.17. The molecule has 9 heteroatoms. The van der Waals surface area contributed by atoms with Crippen molar-refractivity contribution in [3.8, 4) is 5.69 Å². The minimum absolute atomic E-state index is 0.0172. The number of thiophene rings is 1. The van der Waals surface area contributed by atoms with E-state index in [4.69, 9.17) is 4.74 Å². The third-order valence-electron chi connectivity index (χ3n) is 6.53. The number of fused-ring (bicyclic) bond motifs is 5. The van der Waals surface area contributed by atoms with Gasteiger partial charge < -0.3 is 4.74 Å². The molecule has 0 N–H and O–H groups in total. The number of hydrogen-bond donors (Lipinski definition) is 0. The SMILES string of the molecule is CC(C)[C@H]1Cc2c(sc3c2c(=O)n(-c2ccccc2)c2nnc(SCC(=O)c4ccccc4)n32)CO1. The van der Waals surface area contributed by atoms with E-state index in [1.54, 1.807) is 15.9 Å². The van der Waals surface area contributed by atoms with Crippen LogP contribution in [0.2, 0.25) is 0 Å². The molecule has 0 bridgehead atoms. The van der Waals surface area contributed by atoms with Crippen LogP contribution in [0.4, 0.5) is 0 Å². The number of carbonyl (C=O) groups excluding carboxylic acids is 1. The maximum absolute atomic E-state index is 14.0. The number of ketones is 1. The van der Waals surface area contributed by atoms with Crippen LogP contribution in [0.25, 0.3) is 21.7 Å². The fourth-order valence-corrected chi connectivity index (χ4v) is 6.73. The lowest BCUT2D eigenvalue weighted by Crippen LogP contribution is -2.28. The lowest BCUT2D eigenvalue weighted by atomic mass is 9.96. The smallest absolute Gasteiger partial charge is 0.268 e. The van der Waals surface area contributed by atoms with Crippen molar-refractivity contribution in [2.75, 3.05) is 5.75 Å².